The first kappa shape index (κ1) is 14.9. The van der Waals surface area contributed by atoms with Crippen LogP contribution in [0.25, 0.3) is 0 Å². The topological polar surface area (TPSA) is 23.5 Å². The van der Waals surface area contributed by atoms with Crippen molar-refractivity contribution in [2.75, 3.05) is 19.6 Å². The third-order valence-electron chi connectivity index (χ3n) is 3.72. The standard InChI is InChI=1S/C16H25NOS/c1-12(16(18)15-7-5-4-6-8-15)9-17-10-13(2)19-14(3)11-17/h4-8,12-14,16,18H,9-11H2,1-3H3. The van der Waals surface area contributed by atoms with Gasteiger partial charge in [-0.2, -0.15) is 11.8 Å². The van der Waals surface area contributed by atoms with Crippen LogP contribution in [0, 0.1) is 5.92 Å². The fourth-order valence-corrected chi connectivity index (χ4v) is 4.31. The summed E-state index contributed by atoms with van der Waals surface area (Å²) >= 11 is 2.07. The van der Waals surface area contributed by atoms with Gasteiger partial charge in [-0.25, -0.2) is 0 Å². The second-order valence-corrected chi connectivity index (χ2v) is 7.69. The number of aliphatic hydroxyl groups is 1. The lowest BCUT2D eigenvalue weighted by molar-refractivity contribution is 0.0876. The maximum absolute atomic E-state index is 10.4. The largest absolute Gasteiger partial charge is 0.388 e. The lowest BCUT2D eigenvalue weighted by atomic mass is 9.97. The van der Waals surface area contributed by atoms with E-state index in [1.807, 2.05) is 30.3 Å². The highest BCUT2D eigenvalue weighted by atomic mass is 32.2. The maximum atomic E-state index is 10.4. The normalized spacial score (nSPS) is 28.0. The molecule has 1 saturated heterocycles. The molecular formula is C16H25NOS. The summed E-state index contributed by atoms with van der Waals surface area (Å²) in [4.78, 5) is 2.50. The highest BCUT2D eigenvalue weighted by molar-refractivity contribution is 8.00. The van der Waals surface area contributed by atoms with Crippen LogP contribution < -0.4 is 0 Å². The zero-order valence-corrected chi connectivity index (χ0v) is 12.9. The van der Waals surface area contributed by atoms with Gasteiger partial charge >= 0.3 is 0 Å². The molecule has 106 valence electrons. The summed E-state index contributed by atoms with van der Waals surface area (Å²) < 4.78 is 0. The summed E-state index contributed by atoms with van der Waals surface area (Å²) in [6.07, 6.45) is -0.360. The minimum Gasteiger partial charge on any atom is -0.388 e. The van der Waals surface area contributed by atoms with Gasteiger partial charge in [0.15, 0.2) is 0 Å². The molecule has 2 rings (SSSR count). The molecule has 4 atom stereocenters. The fourth-order valence-electron chi connectivity index (χ4n) is 2.92. The quantitative estimate of drug-likeness (QED) is 0.915. The van der Waals surface area contributed by atoms with E-state index in [1.54, 1.807) is 0 Å². The van der Waals surface area contributed by atoms with Crippen LogP contribution in [0.3, 0.4) is 0 Å². The van der Waals surface area contributed by atoms with E-state index in [1.165, 1.54) is 0 Å². The Morgan fingerprint density at radius 3 is 2.37 bits per heavy atom. The van der Waals surface area contributed by atoms with Crippen molar-refractivity contribution in [3.8, 4) is 0 Å². The van der Waals surface area contributed by atoms with Gasteiger partial charge in [0.1, 0.15) is 0 Å². The average molecular weight is 279 g/mol. The first-order chi connectivity index (χ1) is 9.06. The van der Waals surface area contributed by atoms with Crippen molar-refractivity contribution < 1.29 is 5.11 Å². The molecule has 1 aromatic carbocycles. The Morgan fingerprint density at radius 2 is 1.79 bits per heavy atom. The van der Waals surface area contributed by atoms with Gasteiger partial charge in [-0.05, 0) is 11.5 Å². The summed E-state index contributed by atoms with van der Waals surface area (Å²) in [5.74, 6) is 0.268. The summed E-state index contributed by atoms with van der Waals surface area (Å²) in [6, 6.07) is 10.0. The predicted molar refractivity (Wildman–Crippen MR) is 83.5 cm³/mol. The van der Waals surface area contributed by atoms with Gasteiger partial charge in [0.2, 0.25) is 0 Å². The Morgan fingerprint density at radius 1 is 1.21 bits per heavy atom. The molecule has 1 aliphatic rings. The molecule has 0 aromatic heterocycles. The molecule has 0 aliphatic carbocycles. The van der Waals surface area contributed by atoms with Crippen LogP contribution in [0.1, 0.15) is 32.4 Å². The Bertz CT molecular complexity index is 374. The number of benzene rings is 1. The van der Waals surface area contributed by atoms with Gasteiger partial charge in [-0.15, -0.1) is 0 Å². The summed E-state index contributed by atoms with van der Waals surface area (Å²) in [5.41, 5.74) is 1.03. The molecule has 1 aromatic rings. The number of rotatable bonds is 4. The summed E-state index contributed by atoms with van der Waals surface area (Å²) in [5, 5.41) is 11.8. The Balaban J connectivity index is 1.91. The first-order valence-electron chi connectivity index (χ1n) is 7.17. The first-order valence-corrected chi connectivity index (χ1v) is 8.11. The molecule has 0 spiro atoms. The van der Waals surface area contributed by atoms with Crippen molar-refractivity contribution in [3.05, 3.63) is 35.9 Å². The van der Waals surface area contributed by atoms with Crippen LogP contribution in [0.2, 0.25) is 0 Å². The molecular weight excluding hydrogens is 254 g/mol. The SMILES string of the molecule is CC1CN(CC(C)C(O)c2ccccc2)CC(C)S1. The van der Waals surface area contributed by atoms with Gasteiger partial charge in [0, 0.05) is 30.1 Å². The molecule has 1 N–H and O–H groups in total. The van der Waals surface area contributed by atoms with E-state index in [2.05, 4.69) is 37.4 Å². The average Bonchev–Trinajstić information content (AvgIpc) is 2.37. The minimum absolute atomic E-state index is 0.268. The van der Waals surface area contributed by atoms with Crippen LogP contribution in [0.15, 0.2) is 30.3 Å². The van der Waals surface area contributed by atoms with Crippen LogP contribution in [0.5, 0.6) is 0 Å². The number of aliphatic hydroxyl groups excluding tert-OH is 1. The highest BCUT2D eigenvalue weighted by Crippen LogP contribution is 2.28. The second-order valence-electron chi connectivity index (χ2n) is 5.81. The van der Waals surface area contributed by atoms with Crippen LogP contribution in [-0.2, 0) is 0 Å². The molecule has 1 heterocycles. The molecule has 1 fully saturated rings. The van der Waals surface area contributed by atoms with Gasteiger partial charge in [-0.1, -0.05) is 51.1 Å². The summed E-state index contributed by atoms with van der Waals surface area (Å²) in [7, 11) is 0. The molecule has 1 aliphatic heterocycles. The fraction of sp³-hybridized carbons (Fsp3) is 0.625. The summed E-state index contributed by atoms with van der Waals surface area (Å²) in [6.45, 7) is 10.00. The Labute approximate surface area is 121 Å². The third-order valence-corrected chi connectivity index (χ3v) is 4.95. The lowest BCUT2D eigenvalue weighted by Crippen LogP contribution is -2.43. The highest BCUT2D eigenvalue weighted by Gasteiger charge is 2.25. The number of hydrogen-bond acceptors (Lipinski definition) is 3. The zero-order valence-electron chi connectivity index (χ0n) is 12.1. The van der Waals surface area contributed by atoms with Gasteiger partial charge in [0.25, 0.3) is 0 Å². The van der Waals surface area contributed by atoms with Crippen LogP contribution in [0.4, 0.5) is 0 Å². The van der Waals surface area contributed by atoms with Crippen LogP contribution in [-0.4, -0.2) is 40.1 Å². The molecule has 0 saturated carbocycles. The van der Waals surface area contributed by atoms with E-state index in [0.717, 1.165) is 25.2 Å². The van der Waals surface area contributed by atoms with Crippen molar-refractivity contribution in [1.29, 1.82) is 0 Å². The van der Waals surface area contributed by atoms with E-state index in [0.29, 0.717) is 10.5 Å². The Hall–Kier alpha value is -0.510. The predicted octanol–water partition coefficient (Wildman–Crippen LogP) is 3.18. The molecule has 0 amide bonds. The molecule has 2 nitrogen and oxygen atoms in total. The second kappa shape index (κ2) is 6.78. The van der Waals surface area contributed by atoms with Crippen molar-refractivity contribution in [2.45, 2.75) is 37.4 Å². The Kier molecular flexibility index (Phi) is 5.31. The van der Waals surface area contributed by atoms with E-state index in [4.69, 9.17) is 0 Å². The van der Waals surface area contributed by atoms with Gasteiger partial charge in [0.05, 0.1) is 6.10 Å². The zero-order chi connectivity index (χ0) is 13.8. The van der Waals surface area contributed by atoms with Crippen molar-refractivity contribution in [2.24, 2.45) is 5.92 Å². The van der Waals surface area contributed by atoms with Gasteiger partial charge < -0.3 is 10.0 Å². The maximum Gasteiger partial charge on any atom is 0.0827 e. The van der Waals surface area contributed by atoms with Crippen molar-refractivity contribution in [1.82, 2.24) is 4.90 Å². The number of nitrogens with zero attached hydrogens (tertiary/aromatic N) is 1. The van der Waals surface area contributed by atoms with E-state index in [9.17, 15) is 5.11 Å². The third kappa shape index (κ3) is 4.23. The minimum atomic E-state index is -0.360. The molecule has 19 heavy (non-hydrogen) atoms. The van der Waals surface area contributed by atoms with Crippen molar-refractivity contribution >= 4 is 11.8 Å². The van der Waals surface area contributed by atoms with E-state index in [-0.39, 0.29) is 12.0 Å². The van der Waals surface area contributed by atoms with Gasteiger partial charge in [-0.3, -0.25) is 0 Å². The smallest absolute Gasteiger partial charge is 0.0827 e. The van der Waals surface area contributed by atoms with Crippen molar-refractivity contribution in [3.63, 3.8) is 0 Å². The lowest BCUT2D eigenvalue weighted by Gasteiger charge is -2.36. The molecule has 3 heteroatoms. The van der Waals surface area contributed by atoms with E-state index >= 15 is 0 Å². The molecule has 0 bridgehead atoms. The van der Waals surface area contributed by atoms with E-state index < -0.39 is 0 Å². The van der Waals surface area contributed by atoms with Crippen LogP contribution >= 0.6 is 11.8 Å². The molecule has 0 radical (unpaired) electrons. The number of hydrogen-bond donors (Lipinski definition) is 1. The molecule has 4 unspecified atom stereocenters. The monoisotopic (exact) mass is 279 g/mol. The number of thioether (sulfide) groups is 1.